The number of piperidine rings is 1. The first-order valence-electron chi connectivity index (χ1n) is 6.52. The van der Waals surface area contributed by atoms with Gasteiger partial charge in [0.05, 0.1) is 0 Å². The van der Waals surface area contributed by atoms with Crippen LogP contribution in [-0.2, 0) is 0 Å². The lowest BCUT2D eigenvalue weighted by atomic mass is 9.94. The van der Waals surface area contributed by atoms with Crippen LogP contribution >= 0.6 is 0 Å². The highest BCUT2D eigenvalue weighted by atomic mass is 15.2. The molecule has 0 atom stereocenters. The number of likely N-dealkylation sites (tertiary alicyclic amines) is 1. The lowest BCUT2D eigenvalue weighted by Crippen LogP contribution is -2.39. The zero-order valence-corrected chi connectivity index (χ0v) is 9.38. The van der Waals surface area contributed by atoms with E-state index in [1.165, 1.54) is 70.9 Å². The topological polar surface area (TPSA) is 3.24 Å². The van der Waals surface area contributed by atoms with Crippen molar-refractivity contribution in [2.24, 2.45) is 0 Å². The molecule has 1 heteroatoms. The summed E-state index contributed by atoms with van der Waals surface area (Å²) in [7, 11) is 0. The van der Waals surface area contributed by atoms with Crippen molar-refractivity contribution in [1.29, 1.82) is 0 Å². The third-order valence-corrected chi connectivity index (χ3v) is 3.83. The minimum atomic E-state index is 0.934. The van der Waals surface area contributed by atoms with Gasteiger partial charge in [-0.15, -0.1) is 0 Å². The van der Waals surface area contributed by atoms with Gasteiger partial charge >= 0.3 is 0 Å². The Kier molecular flexibility index (Phi) is 4.30. The van der Waals surface area contributed by atoms with Gasteiger partial charge in [-0.25, -0.2) is 0 Å². The van der Waals surface area contributed by atoms with Crippen LogP contribution in [-0.4, -0.2) is 24.0 Å². The highest BCUT2D eigenvalue weighted by Gasteiger charge is 2.20. The summed E-state index contributed by atoms with van der Waals surface area (Å²) in [5, 5.41) is 0. The van der Waals surface area contributed by atoms with Crippen LogP contribution in [0.15, 0.2) is 0 Å². The predicted octanol–water partition coefficient (Wildman–Crippen LogP) is 3.40. The van der Waals surface area contributed by atoms with E-state index in [4.69, 9.17) is 0 Å². The number of hydrogen-bond donors (Lipinski definition) is 0. The van der Waals surface area contributed by atoms with Gasteiger partial charge in [0.25, 0.3) is 0 Å². The highest BCUT2D eigenvalue weighted by Crippen LogP contribution is 2.23. The van der Waals surface area contributed by atoms with E-state index >= 15 is 0 Å². The van der Waals surface area contributed by atoms with Crippen molar-refractivity contribution in [3.63, 3.8) is 0 Å². The van der Waals surface area contributed by atoms with Gasteiger partial charge < -0.3 is 4.90 Å². The van der Waals surface area contributed by atoms with Gasteiger partial charge in [-0.1, -0.05) is 32.1 Å². The van der Waals surface area contributed by atoms with Crippen LogP contribution in [0.4, 0.5) is 0 Å². The van der Waals surface area contributed by atoms with E-state index in [0.29, 0.717) is 0 Å². The molecule has 14 heavy (non-hydrogen) atoms. The van der Waals surface area contributed by atoms with E-state index in [1.807, 2.05) is 0 Å². The molecule has 1 heterocycles. The summed E-state index contributed by atoms with van der Waals surface area (Å²) >= 11 is 0. The Bertz CT molecular complexity index is 141. The molecule has 2 aliphatic rings. The predicted molar refractivity (Wildman–Crippen MR) is 61.2 cm³/mol. The number of nitrogens with zero attached hydrogens (tertiary/aromatic N) is 1. The Morgan fingerprint density at radius 2 is 1.36 bits per heavy atom. The average molecular weight is 194 g/mol. The molecule has 0 aromatic carbocycles. The van der Waals surface area contributed by atoms with Gasteiger partial charge in [0.2, 0.25) is 0 Å². The molecule has 0 aromatic rings. The molecule has 0 spiro atoms. The molecule has 1 aliphatic heterocycles. The lowest BCUT2D eigenvalue weighted by molar-refractivity contribution is 0.153. The Morgan fingerprint density at radius 3 is 2.00 bits per heavy atom. The summed E-state index contributed by atoms with van der Waals surface area (Å²) in [5.41, 5.74) is 0. The van der Waals surface area contributed by atoms with Gasteiger partial charge in [0.1, 0.15) is 0 Å². The molecule has 1 aliphatic carbocycles. The van der Waals surface area contributed by atoms with E-state index in [-0.39, 0.29) is 0 Å². The normalized spacial score (nSPS) is 28.3. The van der Waals surface area contributed by atoms with Crippen molar-refractivity contribution >= 4 is 0 Å². The molecular weight excluding hydrogens is 170 g/mol. The highest BCUT2D eigenvalue weighted by molar-refractivity contribution is 4.82. The monoisotopic (exact) mass is 194 g/mol. The molecule has 0 N–H and O–H groups in total. The standard InChI is InChI=1S/C13H24N/c1-2-5-9-13(10-6-3-1)14-11-7-4-8-12-14/h4,13H,1-3,5-12H2. The fourth-order valence-corrected chi connectivity index (χ4v) is 2.94. The van der Waals surface area contributed by atoms with Crippen molar-refractivity contribution in [2.75, 3.05) is 13.1 Å². The number of rotatable bonds is 1. The van der Waals surface area contributed by atoms with E-state index in [9.17, 15) is 0 Å². The molecule has 1 nitrogen and oxygen atoms in total. The zero-order chi connectivity index (χ0) is 9.64. The first-order valence-corrected chi connectivity index (χ1v) is 6.52. The minimum absolute atomic E-state index is 0.934. The second-order valence-corrected chi connectivity index (χ2v) is 4.90. The molecule has 2 rings (SSSR count). The van der Waals surface area contributed by atoms with Gasteiger partial charge in [0, 0.05) is 6.04 Å². The van der Waals surface area contributed by atoms with Crippen LogP contribution < -0.4 is 0 Å². The Morgan fingerprint density at radius 1 is 0.786 bits per heavy atom. The Hall–Kier alpha value is -0.0400. The second-order valence-electron chi connectivity index (χ2n) is 4.90. The summed E-state index contributed by atoms with van der Waals surface area (Å²) in [4.78, 5) is 2.76. The fourth-order valence-electron chi connectivity index (χ4n) is 2.94. The van der Waals surface area contributed by atoms with Crippen LogP contribution in [0.5, 0.6) is 0 Å². The van der Waals surface area contributed by atoms with Gasteiger partial charge in [0.15, 0.2) is 0 Å². The fraction of sp³-hybridized carbons (Fsp3) is 0.923. The van der Waals surface area contributed by atoms with Crippen LogP contribution in [0, 0.1) is 6.42 Å². The average Bonchev–Trinajstić information content (AvgIpc) is 2.18. The first kappa shape index (κ1) is 10.5. The molecule has 1 saturated carbocycles. The lowest BCUT2D eigenvalue weighted by Gasteiger charge is -2.35. The molecule has 81 valence electrons. The Balaban J connectivity index is 1.80. The zero-order valence-electron chi connectivity index (χ0n) is 9.38. The van der Waals surface area contributed by atoms with E-state index < -0.39 is 0 Å². The summed E-state index contributed by atoms with van der Waals surface area (Å²) < 4.78 is 0. The van der Waals surface area contributed by atoms with Crippen LogP contribution in [0.2, 0.25) is 0 Å². The maximum atomic E-state index is 2.76. The molecule has 0 aromatic heterocycles. The second kappa shape index (κ2) is 5.75. The van der Waals surface area contributed by atoms with E-state index in [2.05, 4.69) is 11.3 Å². The number of hydrogen-bond acceptors (Lipinski definition) is 1. The van der Waals surface area contributed by atoms with Crippen molar-refractivity contribution in [1.82, 2.24) is 4.90 Å². The summed E-state index contributed by atoms with van der Waals surface area (Å²) in [6.07, 6.45) is 15.5. The maximum Gasteiger partial charge on any atom is 0.00952 e. The van der Waals surface area contributed by atoms with Crippen LogP contribution in [0.25, 0.3) is 0 Å². The van der Waals surface area contributed by atoms with Crippen molar-refractivity contribution in [3.8, 4) is 0 Å². The largest absolute Gasteiger partial charge is 0.300 e. The van der Waals surface area contributed by atoms with E-state index in [1.54, 1.807) is 0 Å². The third-order valence-electron chi connectivity index (χ3n) is 3.83. The molecular formula is C13H24N. The molecule has 0 unspecified atom stereocenters. The van der Waals surface area contributed by atoms with Gasteiger partial charge in [-0.2, -0.15) is 0 Å². The van der Waals surface area contributed by atoms with Gasteiger partial charge in [-0.3, -0.25) is 0 Å². The van der Waals surface area contributed by atoms with Crippen molar-refractivity contribution in [2.45, 2.75) is 63.8 Å². The van der Waals surface area contributed by atoms with Crippen molar-refractivity contribution in [3.05, 3.63) is 6.42 Å². The SMILES string of the molecule is [CH]1CCN(C2CCCCCCC2)CC1. The van der Waals surface area contributed by atoms with Crippen molar-refractivity contribution < 1.29 is 0 Å². The summed E-state index contributed by atoms with van der Waals surface area (Å²) in [5.74, 6) is 0. The molecule has 1 saturated heterocycles. The van der Waals surface area contributed by atoms with Crippen LogP contribution in [0.3, 0.4) is 0 Å². The molecule has 0 amide bonds. The third kappa shape index (κ3) is 2.98. The maximum absolute atomic E-state index is 2.76. The summed E-state index contributed by atoms with van der Waals surface area (Å²) in [6.45, 7) is 2.68. The Labute approximate surface area is 88.9 Å². The van der Waals surface area contributed by atoms with Crippen LogP contribution in [0.1, 0.15) is 57.8 Å². The molecule has 1 radical (unpaired) electrons. The first-order chi connectivity index (χ1) is 6.97. The molecule has 0 bridgehead atoms. The molecule has 2 fully saturated rings. The minimum Gasteiger partial charge on any atom is -0.300 e. The van der Waals surface area contributed by atoms with E-state index in [0.717, 1.165) is 6.04 Å². The summed E-state index contributed by atoms with van der Waals surface area (Å²) in [6, 6.07) is 0.934. The quantitative estimate of drug-likeness (QED) is 0.618. The van der Waals surface area contributed by atoms with Gasteiger partial charge in [-0.05, 0) is 45.2 Å². The smallest absolute Gasteiger partial charge is 0.00952 e.